The molecule has 1 rings (SSSR count). The maximum absolute atomic E-state index is 11.9. The Bertz CT molecular complexity index is 386. The van der Waals surface area contributed by atoms with Crippen LogP contribution >= 0.6 is 24.8 Å². The molecule has 0 aliphatic carbocycles. The van der Waals surface area contributed by atoms with Gasteiger partial charge in [-0.3, -0.25) is 4.79 Å². The zero-order valence-corrected chi connectivity index (χ0v) is 14.5. The zero-order chi connectivity index (χ0) is 14.3. The zero-order valence-electron chi connectivity index (χ0n) is 12.9. The molecule has 0 aliphatic heterocycles. The van der Waals surface area contributed by atoms with Gasteiger partial charge in [0.2, 0.25) is 5.91 Å². The molecule has 0 bridgehead atoms. The molecule has 0 saturated heterocycles. The van der Waals surface area contributed by atoms with Crippen molar-refractivity contribution in [1.29, 1.82) is 0 Å². The van der Waals surface area contributed by atoms with E-state index in [0.717, 1.165) is 18.5 Å². The summed E-state index contributed by atoms with van der Waals surface area (Å²) in [5, 5.41) is 3.08. The van der Waals surface area contributed by atoms with Crippen LogP contribution in [0.15, 0.2) is 30.3 Å². The summed E-state index contributed by atoms with van der Waals surface area (Å²) < 4.78 is 0. The number of hydrogen-bond donors (Lipinski definition) is 2. The number of hydrogen-bond acceptors (Lipinski definition) is 3. The van der Waals surface area contributed by atoms with Gasteiger partial charge in [-0.05, 0) is 33.0 Å². The number of nitrogens with two attached hydrogens (primary N) is 1. The molecule has 2 atom stereocenters. The fourth-order valence-corrected chi connectivity index (χ4v) is 1.91. The number of rotatable bonds is 7. The van der Waals surface area contributed by atoms with Gasteiger partial charge >= 0.3 is 0 Å². The van der Waals surface area contributed by atoms with Crippen LogP contribution in [0.1, 0.15) is 31.4 Å². The summed E-state index contributed by atoms with van der Waals surface area (Å²) >= 11 is 0. The predicted molar refractivity (Wildman–Crippen MR) is 93.3 cm³/mol. The van der Waals surface area contributed by atoms with Gasteiger partial charge in [-0.25, -0.2) is 0 Å². The van der Waals surface area contributed by atoms with Crippen LogP contribution in [0.25, 0.3) is 0 Å². The van der Waals surface area contributed by atoms with Crippen molar-refractivity contribution < 1.29 is 4.79 Å². The largest absolute Gasteiger partial charge is 0.348 e. The highest BCUT2D eigenvalue weighted by atomic mass is 35.5. The van der Waals surface area contributed by atoms with Gasteiger partial charge in [-0.15, -0.1) is 24.8 Å². The third-order valence-electron chi connectivity index (χ3n) is 2.91. The molecule has 122 valence electrons. The summed E-state index contributed by atoms with van der Waals surface area (Å²) in [6.07, 6.45) is 1.20. The van der Waals surface area contributed by atoms with Crippen LogP contribution in [0.2, 0.25) is 0 Å². The first kappa shape index (κ1) is 22.5. The molecule has 0 aromatic heterocycles. The van der Waals surface area contributed by atoms with E-state index in [1.807, 2.05) is 51.4 Å². The van der Waals surface area contributed by atoms with Crippen molar-refractivity contribution in [3.05, 3.63) is 35.9 Å². The van der Waals surface area contributed by atoms with Gasteiger partial charge in [-0.2, -0.15) is 0 Å². The molecule has 0 radical (unpaired) electrons. The number of halogens is 2. The molecule has 0 heterocycles. The molecule has 0 fully saturated rings. The molecule has 3 N–H and O–H groups in total. The van der Waals surface area contributed by atoms with Crippen molar-refractivity contribution in [2.75, 3.05) is 20.6 Å². The Labute approximate surface area is 140 Å². The van der Waals surface area contributed by atoms with E-state index in [2.05, 4.69) is 10.2 Å². The summed E-state index contributed by atoms with van der Waals surface area (Å²) in [6.45, 7) is 2.70. The van der Waals surface area contributed by atoms with Crippen molar-refractivity contribution in [1.82, 2.24) is 10.2 Å². The minimum atomic E-state index is 0. The van der Waals surface area contributed by atoms with Gasteiger partial charge in [0.25, 0.3) is 0 Å². The molecule has 1 amide bonds. The third-order valence-corrected chi connectivity index (χ3v) is 2.91. The monoisotopic (exact) mass is 335 g/mol. The van der Waals surface area contributed by atoms with Gasteiger partial charge in [0, 0.05) is 19.0 Å². The van der Waals surface area contributed by atoms with E-state index in [9.17, 15) is 4.79 Å². The summed E-state index contributed by atoms with van der Waals surface area (Å²) in [6, 6.07) is 10.1. The average molecular weight is 336 g/mol. The van der Waals surface area contributed by atoms with Crippen LogP contribution in [0.3, 0.4) is 0 Å². The van der Waals surface area contributed by atoms with E-state index in [0.29, 0.717) is 6.42 Å². The van der Waals surface area contributed by atoms with Crippen molar-refractivity contribution >= 4 is 30.7 Å². The Kier molecular flexibility index (Phi) is 12.6. The fraction of sp³-hybridized carbons (Fsp3) is 0.533. The molecular formula is C15H27Cl2N3O. The Morgan fingerprint density at radius 3 is 2.29 bits per heavy atom. The number of benzene rings is 1. The second-order valence-corrected chi connectivity index (χ2v) is 5.31. The first-order chi connectivity index (χ1) is 8.99. The Hall–Kier alpha value is -0.810. The Morgan fingerprint density at radius 1 is 1.24 bits per heavy atom. The molecule has 0 saturated carbocycles. The highest BCUT2D eigenvalue weighted by molar-refractivity contribution is 5.85. The second kappa shape index (κ2) is 11.8. The maximum atomic E-state index is 11.9. The lowest BCUT2D eigenvalue weighted by Crippen LogP contribution is -2.35. The standard InChI is InChI=1S/C15H25N3O.2ClH/c1-12(16)9-10-15(19)17-14(11-18(2)3)13-7-5-4-6-8-13;;/h4-8,12,14H,9-11,16H2,1-3H3,(H,17,19);2*1H. The lowest BCUT2D eigenvalue weighted by molar-refractivity contribution is -0.122. The predicted octanol–water partition coefficient (Wildman–Crippen LogP) is 2.38. The van der Waals surface area contributed by atoms with E-state index in [4.69, 9.17) is 5.73 Å². The molecular weight excluding hydrogens is 309 g/mol. The van der Waals surface area contributed by atoms with E-state index in [-0.39, 0.29) is 42.8 Å². The summed E-state index contributed by atoms with van der Waals surface area (Å²) in [5.41, 5.74) is 6.81. The smallest absolute Gasteiger partial charge is 0.220 e. The van der Waals surface area contributed by atoms with Crippen LogP contribution in [0.5, 0.6) is 0 Å². The number of nitrogens with one attached hydrogen (secondary N) is 1. The van der Waals surface area contributed by atoms with E-state index < -0.39 is 0 Å². The lowest BCUT2D eigenvalue weighted by atomic mass is 10.1. The summed E-state index contributed by atoms with van der Waals surface area (Å²) in [5.74, 6) is 0.0630. The molecule has 0 spiro atoms. The number of carbonyl (C=O) groups is 1. The van der Waals surface area contributed by atoms with Crippen LogP contribution in [0.4, 0.5) is 0 Å². The molecule has 21 heavy (non-hydrogen) atoms. The van der Waals surface area contributed by atoms with Gasteiger partial charge in [-0.1, -0.05) is 30.3 Å². The van der Waals surface area contributed by atoms with Gasteiger partial charge in [0.05, 0.1) is 6.04 Å². The third kappa shape index (κ3) is 9.69. The average Bonchev–Trinajstić information content (AvgIpc) is 2.36. The van der Waals surface area contributed by atoms with Crippen LogP contribution < -0.4 is 11.1 Å². The molecule has 1 aromatic rings. The number of nitrogens with zero attached hydrogens (tertiary/aromatic N) is 1. The van der Waals surface area contributed by atoms with E-state index >= 15 is 0 Å². The van der Waals surface area contributed by atoms with Crippen molar-refractivity contribution in [3.63, 3.8) is 0 Å². The van der Waals surface area contributed by atoms with Gasteiger partial charge < -0.3 is 16.0 Å². The molecule has 2 unspecified atom stereocenters. The molecule has 1 aromatic carbocycles. The second-order valence-electron chi connectivity index (χ2n) is 5.31. The molecule has 6 heteroatoms. The maximum Gasteiger partial charge on any atom is 0.220 e. The van der Waals surface area contributed by atoms with Crippen LogP contribution in [0, 0.1) is 0 Å². The number of likely N-dealkylation sites (N-methyl/N-ethyl adjacent to an activating group) is 1. The lowest BCUT2D eigenvalue weighted by Gasteiger charge is -2.23. The van der Waals surface area contributed by atoms with Gasteiger partial charge in [0.1, 0.15) is 0 Å². The number of carbonyl (C=O) groups excluding carboxylic acids is 1. The highest BCUT2D eigenvalue weighted by Gasteiger charge is 2.15. The van der Waals surface area contributed by atoms with Gasteiger partial charge in [0.15, 0.2) is 0 Å². The minimum absolute atomic E-state index is 0. The first-order valence-corrected chi connectivity index (χ1v) is 6.73. The SMILES string of the molecule is CC(N)CCC(=O)NC(CN(C)C)c1ccccc1.Cl.Cl. The highest BCUT2D eigenvalue weighted by Crippen LogP contribution is 2.13. The van der Waals surface area contributed by atoms with E-state index in [1.165, 1.54) is 0 Å². The Balaban J connectivity index is 0. The fourth-order valence-electron chi connectivity index (χ4n) is 1.91. The van der Waals surface area contributed by atoms with Crippen molar-refractivity contribution in [2.24, 2.45) is 5.73 Å². The van der Waals surface area contributed by atoms with E-state index in [1.54, 1.807) is 0 Å². The summed E-state index contributed by atoms with van der Waals surface area (Å²) in [4.78, 5) is 14.0. The number of amides is 1. The van der Waals surface area contributed by atoms with Crippen molar-refractivity contribution in [3.8, 4) is 0 Å². The molecule has 0 aliphatic rings. The first-order valence-electron chi connectivity index (χ1n) is 6.73. The van der Waals surface area contributed by atoms with Crippen LogP contribution in [-0.2, 0) is 4.79 Å². The van der Waals surface area contributed by atoms with Crippen molar-refractivity contribution in [2.45, 2.75) is 31.8 Å². The quantitative estimate of drug-likeness (QED) is 0.804. The summed E-state index contributed by atoms with van der Waals surface area (Å²) in [7, 11) is 4.01. The minimum Gasteiger partial charge on any atom is -0.348 e. The topological polar surface area (TPSA) is 58.4 Å². The molecule has 4 nitrogen and oxygen atoms in total. The normalized spacial score (nSPS) is 12.8. The Morgan fingerprint density at radius 2 is 1.81 bits per heavy atom. The van der Waals surface area contributed by atoms with Crippen LogP contribution in [-0.4, -0.2) is 37.5 Å².